The highest BCUT2D eigenvalue weighted by molar-refractivity contribution is 5.96. The fraction of sp³-hybridized carbons (Fsp3) is 0.250. The van der Waals surface area contributed by atoms with Crippen LogP contribution >= 0.6 is 0 Å². The number of methoxy groups -OCH3 is 2. The number of carbonyl (C=O) groups excluding carboxylic acids is 1. The predicted molar refractivity (Wildman–Crippen MR) is 76.4 cm³/mol. The second kappa shape index (κ2) is 6.70. The number of Topliss-reactive ketones (excluding diaryl/α,β-unsaturated/α-hetero) is 1. The lowest BCUT2D eigenvalue weighted by Crippen LogP contribution is -2.03. The number of benzene rings is 1. The summed E-state index contributed by atoms with van der Waals surface area (Å²) in [5.74, 6) is 1.25. The molecule has 0 aliphatic rings. The number of hydrogen-bond acceptors (Lipinski definition) is 4. The summed E-state index contributed by atoms with van der Waals surface area (Å²) in [7, 11) is 3.13. The summed E-state index contributed by atoms with van der Waals surface area (Å²) in [4.78, 5) is 16.4. The number of hydrogen-bond donors (Lipinski definition) is 0. The molecule has 104 valence electrons. The standard InChI is InChI=1S/C16H17NO3/c1-19-15-9-6-12(11-16(15)20-2)14(18)8-7-13-5-3-4-10-17-13/h3-6,9-11H,7-8H2,1-2H3. The minimum absolute atomic E-state index is 0.0663. The predicted octanol–water partition coefficient (Wildman–Crippen LogP) is 2.91. The summed E-state index contributed by atoms with van der Waals surface area (Å²) in [6, 6.07) is 10.9. The summed E-state index contributed by atoms with van der Waals surface area (Å²) in [5.41, 5.74) is 1.54. The second-order valence-electron chi connectivity index (χ2n) is 4.31. The minimum Gasteiger partial charge on any atom is -0.493 e. The lowest BCUT2D eigenvalue weighted by atomic mass is 10.0. The van der Waals surface area contributed by atoms with Crippen molar-refractivity contribution in [2.24, 2.45) is 0 Å². The summed E-state index contributed by atoms with van der Waals surface area (Å²) in [6.07, 6.45) is 2.79. The normalized spacial score (nSPS) is 10.1. The zero-order valence-corrected chi connectivity index (χ0v) is 11.6. The third-order valence-electron chi connectivity index (χ3n) is 3.04. The number of pyridine rings is 1. The van der Waals surface area contributed by atoms with Gasteiger partial charge in [-0.05, 0) is 36.8 Å². The molecule has 0 unspecified atom stereocenters. The Bertz CT molecular complexity index is 582. The third-order valence-corrected chi connectivity index (χ3v) is 3.04. The highest BCUT2D eigenvalue weighted by atomic mass is 16.5. The first-order chi connectivity index (χ1) is 9.74. The first-order valence-electron chi connectivity index (χ1n) is 6.39. The van der Waals surface area contributed by atoms with Crippen molar-refractivity contribution < 1.29 is 14.3 Å². The first kappa shape index (κ1) is 14.1. The zero-order valence-electron chi connectivity index (χ0n) is 11.6. The SMILES string of the molecule is COc1ccc(C(=O)CCc2ccccn2)cc1OC. The lowest BCUT2D eigenvalue weighted by Gasteiger charge is -2.09. The fourth-order valence-electron chi connectivity index (χ4n) is 1.94. The van der Waals surface area contributed by atoms with E-state index in [0.717, 1.165) is 5.69 Å². The summed E-state index contributed by atoms with van der Waals surface area (Å²) in [5, 5.41) is 0. The van der Waals surface area contributed by atoms with Crippen LogP contribution in [0.4, 0.5) is 0 Å². The van der Waals surface area contributed by atoms with Gasteiger partial charge < -0.3 is 9.47 Å². The summed E-state index contributed by atoms with van der Waals surface area (Å²) < 4.78 is 10.4. The highest BCUT2D eigenvalue weighted by Gasteiger charge is 2.11. The van der Waals surface area contributed by atoms with E-state index in [1.165, 1.54) is 0 Å². The number of ether oxygens (including phenoxy) is 2. The van der Waals surface area contributed by atoms with Crippen molar-refractivity contribution in [3.63, 3.8) is 0 Å². The maximum atomic E-state index is 12.2. The van der Waals surface area contributed by atoms with Crippen LogP contribution in [0.5, 0.6) is 11.5 Å². The van der Waals surface area contributed by atoms with Crippen LogP contribution in [0.2, 0.25) is 0 Å². The summed E-state index contributed by atoms with van der Waals surface area (Å²) in [6.45, 7) is 0. The average Bonchev–Trinajstić information content (AvgIpc) is 2.52. The molecule has 1 heterocycles. The number of rotatable bonds is 6. The third kappa shape index (κ3) is 3.35. The Hall–Kier alpha value is -2.36. The van der Waals surface area contributed by atoms with Crippen LogP contribution in [0.25, 0.3) is 0 Å². The van der Waals surface area contributed by atoms with Crippen LogP contribution < -0.4 is 9.47 Å². The molecule has 4 nitrogen and oxygen atoms in total. The largest absolute Gasteiger partial charge is 0.493 e. The molecule has 2 aromatic rings. The van der Waals surface area contributed by atoms with E-state index in [0.29, 0.717) is 29.9 Å². The fourth-order valence-corrected chi connectivity index (χ4v) is 1.94. The highest BCUT2D eigenvalue weighted by Crippen LogP contribution is 2.28. The molecule has 2 rings (SSSR count). The Labute approximate surface area is 118 Å². The van der Waals surface area contributed by atoms with Crippen molar-refractivity contribution in [3.05, 3.63) is 53.9 Å². The molecule has 0 spiro atoms. The Morgan fingerprint density at radius 3 is 2.55 bits per heavy atom. The average molecular weight is 271 g/mol. The Kier molecular flexibility index (Phi) is 4.71. The van der Waals surface area contributed by atoms with Crippen LogP contribution in [-0.4, -0.2) is 25.0 Å². The lowest BCUT2D eigenvalue weighted by molar-refractivity contribution is 0.0982. The van der Waals surface area contributed by atoms with Gasteiger partial charge in [0.15, 0.2) is 17.3 Å². The molecule has 0 fully saturated rings. The van der Waals surface area contributed by atoms with E-state index >= 15 is 0 Å². The molecule has 1 aromatic carbocycles. The van der Waals surface area contributed by atoms with E-state index in [1.807, 2.05) is 18.2 Å². The van der Waals surface area contributed by atoms with Crippen molar-refractivity contribution in [3.8, 4) is 11.5 Å². The topological polar surface area (TPSA) is 48.4 Å². The molecule has 0 radical (unpaired) electrons. The zero-order chi connectivity index (χ0) is 14.4. The molecule has 0 saturated carbocycles. The van der Waals surface area contributed by atoms with Crippen molar-refractivity contribution in [1.82, 2.24) is 4.98 Å². The molecule has 0 bridgehead atoms. The smallest absolute Gasteiger partial charge is 0.163 e. The molecule has 0 aliphatic heterocycles. The molecular weight excluding hydrogens is 254 g/mol. The van der Waals surface area contributed by atoms with Crippen molar-refractivity contribution in [2.45, 2.75) is 12.8 Å². The van der Waals surface area contributed by atoms with E-state index in [4.69, 9.17) is 9.47 Å². The van der Waals surface area contributed by atoms with Crippen molar-refractivity contribution >= 4 is 5.78 Å². The molecule has 1 aromatic heterocycles. The number of aromatic nitrogens is 1. The van der Waals surface area contributed by atoms with Gasteiger partial charge in [-0.1, -0.05) is 6.07 Å². The van der Waals surface area contributed by atoms with E-state index in [-0.39, 0.29) is 5.78 Å². The van der Waals surface area contributed by atoms with Crippen LogP contribution in [0.1, 0.15) is 22.5 Å². The van der Waals surface area contributed by atoms with Crippen LogP contribution in [0.3, 0.4) is 0 Å². The van der Waals surface area contributed by atoms with E-state index in [9.17, 15) is 4.79 Å². The number of ketones is 1. The van der Waals surface area contributed by atoms with E-state index in [2.05, 4.69) is 4.98 Å². The van der Waals surface area contributed by atoms with Gasteiger partial charge in [-0.2, -0.15) is 0 Å². The van der Waals surface area contributed by atoms with E-state index in [1.54, 1.807) is 38.6 Å². The van der Waals surface area contributed by atoms with Gasteiger partial charge in [0, 0.05) is 23.9 Å². The maximum absolute atomic E-state index is 12.2. The number of carbonyl (C=O) groups is 1. The van der Waals surface area contributed by atoms with E-state index < -0.39 is 0 Å². The van der Waals surface area contributed by atoms with Gasteiger partial charge in [0.05, 0.1) is 14.2 Å². The number of nitrogens with zero attached hydrogens (tertiary/aromatic N) is 1. The van der Waals surface area contributed by atoms with Gasteiger partial charge in [-0.25, -0.2) is 0 Å². The van der Waals surface area contributed by atoms with Crippen LogP contribution in [-0.2, 0) is 6.42 Å². The van der Waals surface area contributed by atoms with Crippen molar-refractivity contribution in [2.75, 3.05) is 14.2 Å². The van der Waals surface area contributed by atoms with Crippen LogP contribution in [0, 0.1) is 0 Å². The van der Waals surface area contributed by atoms with Gasteiger partial charge in [0.2, 0.25) is 0 Å². The molecule has 20 heavy (non-hydrogen) atoms. The van der Waals surface area contributed by atoms with Crippen molar-refractivity contribution in [1.29, 1.82) is 0 Å². The van der Waals surface area contributed by atoms with Gasteiger partial charge in [0.25, 0.3) is 0 Å². The number of aryl methyl sites for hydroxylation is 1. The monoisotopic (exact) mass is 271 g/mol. The van der Waals surface area contributed by atoms with Gasteiger partial charge >= 0.3 is 0 Å². The van der Waals surface area contributed by atoms with Gasteiger partial charge in [0.1, 0.15) is 0 Å². The Balaban J connectivity index is 2.06. The first-order valence-corrected chi connectivity index (χ1v) is 6.39. The molecule has 4 heteroatoms. The molecule has 0 saturated heterocycles. The minimum atomic E-state index is 0.0663. The molecular formula is C16H17NO3. The van der Waals surface area contributed by atoms with Gasteiger partial charge in [-0.15, -0.1) is 0 Å². The maximum Gasteiger partial charge on any atom is 0.163 e. The van der Waals surface area contributed by atoms with Gasteiger partial charge in [-0.3, -0.25) is 9.78 Å². The second-order valence-corrected chi connectivity index (χ2v) is 4.31. The Morgan fingerprint density at radius 2 is 1.90 bits per heavy atom. The quantitative estimate of drug-likeness (QED) is 0.758. The van der Waals surface area contributed by atoms with Crippen LogP contribution in [0.15, 0.2) is 42.6 Å². The summed E-state index contributed by atoms with van der Waals surface area (Å²) >= 11 is 0. The Morgan fingerprint density at radius 1 is 1.10 bits per heavy atom. The molecule has 0 amide bonds. The molecule has 0 aliphatic carbocycles. The molecule has 0 atom stereocenters. The molecule has 0 N–H and O–H groups in total.